The zero-order valence-corrected chi connectivity index (χ0v) is 10.9. The van der Waals surface area contributed by atoms with Crippen molar-refractivity contribution in [1.29, 1.82) is 0 Å². The number of aromatic nitrogens is 3. The standard InChI is InChI=1S/C13H14N4S/c1-2-10-3-4-11(18-10)9-14-12-6-8-17-13(16-12)5-7-15-17/h3-8H,2,9H2,1H3,(H,14,16). The molecule has 3 rings (SSSR count). The van der Waals surface area contributed by atoms with E-state index in [1.54, 1.807) is 10.7 Å². The van der Waals surface area contributed by atoms with E-state index in [2.05, 4.69) is 34.5 Å². The Morgan fingerprint density at radius 3 is 2.94 bits per heavy atom. The van der Waals surface area contributed by atoms with Crippen molar-refractivity contribution in [2.24, 2.45) is 0 Å². The number of nitrogens with zero attached hydrogens (tertiary/aromatic N) is 3. The Morgan fingerprint density at radius 1 is 1.22 bits per heavy atom. The molecule has 0 aliphatic heterocycles. The molecular weight excluding hydrogens is 244 g/mol. The van der Waals surface area contributed by atoms with Crippen molar-refractivity contribution in [3.05, 3.63) is 46.4 Å². The number of nitrogens with one attached hydrogen (secondary N) is 1. The van der Waals surface area contributed by atoms with Gasteiger partial charge in [-0.2, -0.15) is 5.10 Å². The molecule has 3 aromatic rings. The Morgan fingerprint density at radius 2 is 2.11 bits per heavy atom. The number of hydrogen-bond acceptors (Lipinski definition) is 4. The van der Waals surface area contributed by atoms with Gasteiger partial charge in [-0.25, -0.2) is 9.50 Å². The molecule has 0 aromatic carbocycles. The third-order valence-corrected chi connectivity index (χ3v) is 4.00. The number of fused-ring (bicyclic) bond motifs is 1. The second-order valence-corrected chi connectivity index (χ2v) is 5.27. The van der Waals surface area contributed by atoms with Gasteiger partial charge in [-0.05, 0) is 24.6 Å². The van der Waals surface area contributed by atoms with Crippen LogP contribution in [0.5, 0.6) is 0 Å². The number of rotatable bonds is 4. The van der Waals surface area contributed by atoms with E-state index in [9.17, 15) is 0 Å². The zero-order valence-electron chi connectivity index (χ0n) is 10.1. The zero-order chi connectivity index (χ0) is 12.4. The van der Waals surface area contributed by atoms with E-state index in [4.69, 9.17) is 0 Å². The summed E-state index contributed by atoms with van der Waals surface area (Å²) >= 11 is 1.85. The van der Waals surface area contributed by atoms with Crippen LogP contribution >= 0.6 is 11.3 Å². The lowest BCUT2D eigenvalue weighted by atomic mass is 10.3. The average molecular weight is 258 g/mol. The third kappa shape index (κ3) is 2.22. The lowest BCUT2D eigenvalue weighted by Crippen LogP contribution is -2.01. The largest absolute Gasteiger partial charge is 0.365 e. The molecule has 3 heterocycles. The quantitative estimate of drug-likeness (QED) is 0.782. The molecule has 0 fully saturated rings. The van der Waals surface area contributed by atoms with Crippen molar-refractivity contribution in [2.45, 2.75) is 19.9 Å². The van der Waals surface area contributed by atoms with Crippen LogP contribution in [0.15, 0.2) is 36.7 Å². The van der Waals surface area contributed by atoms with Crippen molar-refractivity contribution in [1.82, 2.24) is 14.6 Å². The van der Waals surface area contributed by atoms with Crippen LogP contribution in [0, 0.1) is 0 Å². The molecule has 0 aliphatic carbocycles. The van der Waals surface area contributed by atoms with Crippen LogP contribution in [0.4, 0.5) is 5.82 Å². The molecule has 0 bridgehead atoms. The molecule has 0 unspecified atom stereocenters. The normalized spacial score (nSPS) is 10.9. The molecule has 18 heavy (non-hydrogen) atoms. The minimum atomic E-state index is 0.821. The van der Waals surface area contributed by atoms with E-state index in [1.165, 1.54) is 9.75 Å². The molecule has 4 nitrogen and oxygen atoms in total. The maximum Gasteiger partial charge on any atom is 0.157 e. The number of anilines is 1. The Balaban J connectivity index is 1.72. The Hall–Kier alpha value is -1.88. The topological polar surface area (TPSA) is 42.2 Å². The van der Waals surface area contributed by atoms with Crippen LogP contribution < -0.4 is 5.32 Å². The maximum absolute atomic E-state index is 4.47. The highest BCUT2D eigenvalue weighted by Crippen LogP contribution is 2.18. The highest BCUT2D eigenvalue weighted by molar-refractivity contribution is 7.12. The smallest absolute Gasteiger partial charge is 0.157 e. The van der Waals surface area contributed by atoms with Crippen LogP contribution in [-0.4, -0.2) is 14.6 Å². The molecule has 1 N–H and O–H groups in total. The van der Waals surface area contributed by atoms with E-state index in [-0.39, 0.29) is 0 Å². The Labute approximate surface area is 109 Å². The lowest BCUT2D eigenvalue weighted by molar-refractivity contribution is 0.937. The van der Waals surface area contributed by atoms with Crippen molar-refractivity contribution >= 4 is 22.8 Å². The summed E-state index contributed by atoms with van der Waals surface area (Å²) in [7, 11) is 0. The molecule has 0 amide bonds. The van der Waals surface area contributed by atoms with Crippen LogP contribution in [0.1, 0.15) is 16.7 Å². The second kappa shape index (κ2) is 4.78. The van der Waals surface area contributed by atoms with Gasteiger partial charge in [0.1, 0.15) is 5.82 Å². The first-order valence-electron chi connectivity index (χ1n) is 5.97. The number of aryl methyl sites for hydroxylation is 1. The van der Waals surface area contributed by atoms with E-state index < -0.39 is 0 Å². The van der Waals surface area contributed by atoms with Gasteiger partial charge in [0.05, 0.1) is 12.7 Å². The molecule has 0 aliphatic rings. The van der Waals surface area contributed by atoms with Crippen LogP contribution in [0.25, 0.3) is 5.65 Å². The summed E-state index contributed by atoms with van der Waals surface area (Å²) in [5.41, 5.74) is 0.862. The summed E-state index contributed by atoms with van der Waals surface area (Å²) in [5.74, 6) is 0.884. The van der Waals surface area contributed by atoms with Crippen LogP contribution in [0.2, 0.25) is 0 Å². The van der Waals surface area contributed by atoms with Crippen molar-refractivity contribution < 1.29 is 0 Å². The van der Waals surface area contributed by atoms with Gasteiger partial charge in [0.15, 0.2) is 5.65 Å². The summed E-state index contributed by atoms with van der Waals surface area (Å²) in [6, 6.07) is 8.20. The van der Waals surface area contributed by atoms with Crippen molar-refractivity contribution in [3.63, 3.8) is 0 Å². The predicted octanol–water partition coefficient (Wildman–Crippen LogP) is 2.97. The first-order chi connectivity index (χ1) is 8.85. The van der Waals surface area contributed by atoms with E-state index in [0.717, 1.165) is 24.4 Å². The van der Waals surface area contributed by atoms with E-state index >= 15 is 0 Å². The molecule has 3 aromatic heterocycles. The Kier molecular flexibility index (Phi) is 2.98. The highest BCUT2D eigenvalue weighted by atomic mass is 32.1. The third-order valence-electron chi connectivity index (χ3n) is 2.77. The van der Waals surface area contributed by atoms with Crippen molar-refractivity contribution in [2.75, 3.05) is 5.32 Å². The van der Waals surface area contributed by atoms with Gasteiger partial charge in [-0.1, -0.05) is 6.92 Å². The van der Waals surface area contributed by atoms with E-state index in [1.807, 2.05) is 29.7 Å². The second-order valence-electron chi connectivity index (χ2n) is 4.02. The maximum atomic E-state index is 4.47. The average Bonchev–Trinajstić information content (AvgIpc) is 3.04. The fourth-order valence-electron chi connectivity index (χ4n) is 1.80. The first kappa shape index (κ1) is 11.2. The van der Waals surface area contributed by atoms with Gasteiger partial charge in [-0.15, -0.1) is 11.3 Å². The summed E-state index contributed by atoms with van der Waals surface area (Å²) in [6.45, 7) is 3.00. The SMILES string of the molecule is CCc1ccc(CNc2ccn3nccc3n2)s1. The monoisotopic (exact) mass is 258 g/mol. The fourth-order valence-corrected chi connectivity index (χ4v) is 2.69. The Bertz CT molecular complexity index is 656. The molecule has 0 spiro atoms. The van der Waals surface area contributed by atoms with Gasteiger partial charge in [0, 0.05) is 22.0 Å². The number of hydrogen-bond donors (Lipinski definition) is 1. The van der Waals surface area contributed by atoms with Gasteiger partial charge in [-0.3, -0.25) is 0 Å². The molecule has 0 saturated heterocycles. The highest BCUT2D eigenvalue weighted by Gasteiger charge is 2.01. The fraction of sp³-hybridized carbons (Fsp3) is 0.231. The molecule has 0 saturated carbocycles. The molecule has 0 radical (unpaired) electrons. The minimum absolute atomic E-state index is 0.821. The summed E-state index contributed by atoms with van der Waals surface area (Å²) < 4.78 is 1.76. The van der Waals surface area contributed by atoms with Crippen LogP contribution in [-0.2, 0) is 13.0 Å². The summed E-state index contributed by atoms with van der Waals surface area (Å²) in [4.78, 5) is 7.23. The van der Waals surface area contributed by atoms with Gasteiger partial charge >= 0.3 is 0 Å². The van der Waals surface area contributed by atoms with Gasteiger partial charge in [0.2, 0.25) is 0 Å². The molecule has 92 valence electrons. The molecule has 0 atom stereocenters. The summed E-state index contributed by atoms with van der Waals surface area (Å²) in [5, 5.41) is 7.46. The van der Waals surface area contributed by atoms with Gasteiger partial charge in [0.25, 0.3) is 0 Å². The van der Waals surface area contributed by atoms with Gasteiger partial charge < -0.3 is 5.32 Å². The lowest BCUT2D eigenvalue weighted by Gasteiger charge is -2.03. The number of thiophene rings is 1. The molecule has 5 heteroatoms. The van der Waals surface area contributed by atoms with Crippen molar-refractivity contribution in [3.8, 4) is 0 Å². The van der Waals surface area contributed by atoms with E-state index in [0.29, 0.717) is 0 Å². The minimum Gasteiger partial charge on any atom is -0.365 e. The van der Waals surface area contributed by atoms with Crippen LogP contribution in [0.3, 0.4) is 0 Å². The predicted molar refractivity (Wildman–Crippen MR) is 74.0 cm³/mol. The molecular formula is C13H14N4S. The first-order valence-corrected chi connectivity index (χ1v) is 6.78. The summed E-state index contributed by atoms with van der Waals surface area (Å²) in [6.07, 6.45) is 4.76.